The average Bonchev–Trinajstić information content (AvgIpc) is 3.08. The van der Waals surface area contributed by atoms with Crippen LogP contribution in [0, 0.1) is 0 Å². The number of hydrogen-bond donors (Lipinski definition) is 0. The lowest BCUT2D eigenvalue weighted by molar-refractivity contribution is -0.140. The Bertz CT molecular complexity index is 495. The van der Waals surface area contributed by atoms with Gasteiger partial charge in [-0.3, -0.25) is 14.5 Å². The van der Waals surface area contributed by atoms with E-state index in [4.69, 9.17) is 0 Å². The monoisotopic (exact) mass is 433 g/mol. The van der Waals surface area contributed by atoms with Gasteiger partial charge in [-0.15, -0.1) is 0 Å². The third-order valence-corrected chi connectivity index (χ3v) is 6.78. The van der Waals surface area contributed by atoms with Crippen LogP contribution in [0.15, 0.2) is 11.6 Å². The van der Waals surface area contributed by atoms with E-state index in [1.165, 1.54) is 102 Å². The molecule has 0 aromatic carbocycles. The van der Waals surface area contributed by atoms with Gasteiger partial charge in [0.2, 0.25) is 11.8 Å². The molecule has 1 aliphatic rings. The first-order valence-electron chi connectivity index (χ1n) is 13.6. The summed E-state index contributed by atoms with van der Waals surface area (Å²) in [5, 5.41) is 0. The van der Waals surface area contributed by atoms with E-state index in [0.29, 0.717) is 12.8 Å². The molecule has 0 saturated carbocycles. The van der Waals surface area contributed by atoms with Gasteiger partial charge in [0.1, 0.15) is 0 Å². The summed E-state index contributed by atoms with van der Waals surface area (Å²) in [6, 6.07) is -0.00547. The molecule has 0 radical (unpaired) electrons. The molecule has 1 fully saturated rings. The maximum Gasteiger partial charge on any atom is 0.230 e. The maximum absolute atomic E-state index is 12.2. The van der Waals surface area contributed by atoms with Crippen LogP contribution in [0.1, 0.15) is 149 Å². The Labute approximate surface area is 193 Å². The minimum absolute atomic E-state index is 0.00547. The normalized spacial score (nSPS) is 15.8. The average molecular weight is 434 g/mol. The third-order valence-electron chi connectivity index (χ3n) is 6.78. The molecule has 0 spiro atoms. The summed E-state index contributed by atoms with van der Waals surface area (Å²) in [4.78, 5) is 25.9. The number of hydrogen-bond acceptors (Lipinski definition) is 2. The summed E-state index contributed by atoms with van der Waals surface area (Å²) in [6.07, 6.45) is 26.7. The molecule has 1 rings (SSSR count). The Hall–Kier alpha value is -1.12. The Balaban J connectivity index is 2.03. The highest BCUT2D eigenvalue weighted by molar-refractivity contribution is 6.02. The van der Waals surface area contributed by atoms with Gasteiger partial charge >= 0.3 is 0 Å². The molecule has 0 bridgehead atoms. The van der Waals surface area contributed by atoms with E-state index in [1.807, 2.05) is 0 Å². The van der Waals surface area contributed by atoms with E-state index in [2.05, 4.69) is 26.8 Å². The molecule has 1 unspecified atom stereocenters. The van der Waals surface area contributed by atoms with Crippen molar-refractivity contribution in [1.29, 1.82) is 0 Å². The van der Waals surface area contributed by atoms with Gasteiger partial charge in [0, 0.05) is 12.8 Å². The van der Waals surface area contributed by atoms with Crippen LogP contribution in [0.25, 0.3) is 0 Å². The van der Waals surface area contributed by atoms with Crippen molar-refractivity contribution in [2.24, 2.45) is 0 Å². The van der Waals surface area contributed by atoms with Crippen molar-refractivity contribution < 1.29 is 9.59 Å². The van der Waals surface area contributed by atoms with E-state index in [0.717, 1.165) is 19.3 Å². The number of likely N-dealkylation sites (tertiary alicyclic amines) is 1. The summed E-state index contributed by atoms with van der Waals surface area (Å²) < 4.78 is 0. The zero-order valence-corrected chi connectivity index (χ0v) is 21.1. The van der Waals surface area contributed by atoms with E-state index >= 15 is 0 Å². The first-order valence-corrected chi connectivity index (χ1v) is 13.6. The molecule has 1 aliphatic heterocycles. The molecule has 1 atom stereocenters. The first kappa shape index (κ1) is 27.9. The van der Waals surface area contributed by atoms with E-state index in [9.17, 15) is 9.59 Å². The number of allylic oxidation sites excluding steroid dienone is 1. The van der Waals surface area contributed by atoms with Crippen molar-refractivity contribution in [1.82, 2.24) is 4.90 Å². The fourth-order valence-corrected chi connectivity index (χ4v) is 4.85. The molecule has 1 heterocycles. The Morgan fingerprint density at radius 2 is 1.10 bits per heavy atom. The lowest BCUT2D eigenvalue weighted by Gasteiger charge is -2.27. The van der Waals surface area contributed by atoms with Crippen LogP contribution >= 0.6 is 0 Å². The van der Waals surface area contributed by atoms with Gasteiger partial charge in [0.15, 0.2) is 0 Å². The minimum atomic E-state index is -0.00547. The fraction of sp³-hybridized carbons (Fsp3) is 0.857. The molecule has 0 aromatic rings. The number of imide groups is 1. The fourth-order valence-electron chi connectivity index (χ4n) is 4.85. The number of rotatable bonds is 20. The van der Waals surface area contributed by atoms with Gasteiger partial charge in [-0.25, -0.2) is 0 Å². The van der Waals surface area contributed by atoms with Crippen molar-refractivity contribution >= 4 is 11.8 Å². The van der Waals surface area contributed by atoms with Gasteiger partial charge in [0.25, 0.3) is 0 Å². The molecule has 1 saturated heterocycles. The lowest BCUT2D eigenvalue weighted by Crippen LogP contribution is -2.40. The quantitative estimate of drug-likeness (QED) is 0.110. The van der Waals surface area contributed by atoms with Crippen molar-refractivity contribution in [3.8, 4) is 0 Å². The van der Waals surface area contributed by atoms with Crippen LogP contribution < -0.4 is 0 Å². The van der Waals surface area contributed by atoms with Gasteiger partial charge in [0.05, 0.1) is 6.04 Å². The van der Waals surface area contributed by atoms with E-state index < -0.39 is 0 Å². The SMILES string of the molecule is CCC=C(C)C(CCCCCCCCCCCCCCCCCC)N1C(=O)CCC1=O. The van der Waals surface area contributed by atoms with E-state index in [-0.39, 0.29) is 17.9 Å². The molecular weight excluding hydrogens is 382 g/mol. The van der Waals surface area contributed by atoms with E-state index in [1.54, 1.807) is 4.90 Å². The van der Waals surface area contributed by atoms with Crippen LogP contribution in [0.3, 0.4) is 0 Å². The molecule has 0 aliphatic carbocycles. The highest BCUT2D eigenvalue weighted by atomic mass is 16.2. The summed E-state index contributed by atoms with van der Waals surface area (Å²) in [6.45, 7) is 6.48. The molecule has 3 nitrogen and oxygen atoms in total. The standard InChI is InChI=1S/C28H51NO2/c1-4-6-7-8-9-10-11-12-13-14-15-16-17-18-19-20-22-26(25(3)21-5-2)29-27(30)23-24-28(29)31/h21,26H,4-20,22-24H2,1-3H3. The van der Waals surface area contributed by atoms with Gasteiger partial charge < -0.3 is 0 Å². The van der Waals surface area contributed by atoms with Crippen LogP contribution in [0.2, 0.25) is 0 Å². The number of amides is 2. The Morgan fingerprint density at radius 1 is 0.710 bits per heavy atom. The molecule has 0 N–H and O–H groups in total. The molecule has 3 heteroatoms. The Kier molecular flexibility index (Phi) is 16.6. The van der Waals surface area contributed by atoms with Crippen molar-refractivity contribution in [2.45, 2.75) is 155 Å². The molecule has 2 amide bonds. The van der Waals surface area contributed by atoms with Gasteiger partial charge in [-0.1, -0.05) is 128 Å². The molecular formula is C28H51NO2. The second-order valence-electron chi connectivity index (χ2n) is 9.62. The smallest absolute Gasteiger partial charge is 0.230 e. The topological polar surface area (TPSA) is 37.4 Å². The molecule has 31 heavy (non-hydrogen) atoms. The van der Waals surface area contributed by atoms with Crippen molar-refractivity contribution in [3.05, 3.63) is 11.6 Å². The highest BCUT2D eigenvalue weighted by Crippen LogP contribution is 2.25. The summed E-state index contributed by atoms with van der Waals surface area (Å²) in [7, 11) is 0. The minimum Gasteiger partial charge on any atom is -0.275 e. The second-order valence-corrected chi connectivity index (χ2v) is 9.62. The summed E-state index contributed by atoms with van der Waals surface area (Å²) in [5.41, 5.74) is 1.19. The van der Waals surface area contributed by atoms with Gasteiger partial charge in [-0.2, -0.15) is 0 Å². The van der Waals surface area contributed by atoms with Crippen LogP contribution in [0.5, 0.6) is 0 Å². The Morgan fingerprint density at radius 3 is 1.48 bits per heavy atom. The van der Waals surface area contributed by atoms with Crippen LogP contribution in [0.4, 0.5) is 0 Å². The van der Waals surface area contributed by atoms with Gasteiger partial charge in [-0.05, 0) is 19.8 Å². The second kappa shape index (κ2) is 18.5. The predicted molar refractivity (Wildman–Crippen MR) is 133 cm³/mol. The molecule has 0 aromatic heterocycles. The van der Waals surface area contributed by atoms with Crippen LogP contribution in [-0.2, 0) is 9.59 Å². The lowest BCUT2D eigenvalue weighted by atomic mass is 9.98. The molecule has 180 valence electrons. The third kappa shape index (κ3) is 12.5. The zero-order chi connectivity index (χ0) is 22.7. The predicted octanol–water partition coefficient (Wildman–Crippen LogP) is 8.51. The summed E-state index contributed by atoms with van der Waals surface area (Å²) in [5.74, 6) is 0.0469. The largest absolute Gasteiger partial charge is 0.275 e. The summed E-state index contributed by atoms with van der Waals surface area (Å²) >= 11 is 0. The number of carbonyl (C=O) groups excluding carboxylic acids is 2. The zero-order valence-electron chi connectivity index (χ0n) is 21.1. The van der Waals surface area contributed by atoms with Crippen LogP contribution in [-0.4, -0.2) is 22.8 Å². The number of unbranched alkanes of at least 4 members (excludes halogenated alkanes) is 15. The highest BCUT2D eigenvalue weighted by Gasteiger charge is 2.35. The number of carbonyl (C=O) groups is 2. The maximum atomic E-state index is 12.2. The van der Waals surface area contributed by atoms with Crippen molar-refractivity contribution in [2.75, 3.05) is 0 Å². The van der Waals surface area contributed by atoms with Crippen molar-refractivity contribution in [3.63, 3.8) is 0 Å². The first-order chi connectivity index (χ1) is 15.1. The number of nitrogens with zero attached hydrogens (tertiary/aromatic N) is 1.